The summed E-state index contributed by atoms with van der Waals surface area (Å²) in [7, 11) is 1.69. The molecule has 3 rings (SSSR count). The van der Waals surface area contributed by atoms with Crippen molar-refractivity contribution >= 4 is 29.0 Å². The maximum absolute atomic E-state index is 10.8. The third-order valence-corrected chi connectivity index (χ3v) is 4.63. The van der Waals surface area contributed by atoms with Gasteiger partial charge in [0, 0.05) is 49.0 Å². The number of piperazine rings is 1. The predicted molar refractivity (Wildman–Crippen MR) is 87.1 cm³/mol. The van der Waals surface area contributed by atoms with Crippen molar-refractivity contribution < 1.29 is 9.53 Å². The Bertz CT molecular complexity index is 618. The Morgan fingerprint density at radius 2 is 1.81 bits per heavy atom. The van der Waals surface area contributed by atoms with E-state index in [2.05, 4.69) is 27.3 Å². The van der Waals surface area contributed by atoms with Crippen LogP contribution in [0.15, 0.2) is 35.7 Å². The van der Waals surface area contributed by atoms with Crippen molar-refractivity contribution in [3.63, 3.8) is 0 Å². The van der Waals surface area contributed by atoms with E-state index in [0.29, 0.717) is 0 Å². The van der Waals surface area contributed by atoms with Crippen molar-refractivity contribution in [1.29, 1.82) is 0 Å². The third-order valence-electron chi connectivity index (χ3n) is 3.79. The van der Waals surface area contributed by atoms with Gasteiger partial charge in [-0.2, -0.15) is 0 Å². The normalized spacial score (nSPS) is 15.1. The molecule has 1 aromatic heterocycles. The molecule has 0 N–H and O–H groups in total. The van der Waals surface area contributed by atoms with Gasteiger partial charge in [0.25, 0.3) is 0 Å². The van der Waals surface area contributed by atoms with Gasteiger partial charge in [0.15, 0.2) is 6.29 Å². The number of carbonyl (C=O) groups is 1. The molecule has 0 radical (unpaired) electrons. The van der Waals surface area contributed by atoms with Crippen LogP contribution in [0.2, 0.25) is 0 Å². The first-order valence-corrected chi connectivity index (χ1v) is 7.86. The van der Waals surface area contributed by atoms with Gasteiger partial charge in [-0.15, -0.1) is 11.3 Å². The summed E-state index contributed by atoms with van der Waals surface area (Å²) in [5, 5.41) is 2.06. The number of anilines is 2. The largest absolute Gasteiger partial charge is 0.497 e. The van der Waals surface area contributed by atoms with Gasteiger partial charge in [-0.25, -0.2) is 0 Å². The van der Waals surface area contributed by atoms with E-state index in [0.717, 1.165) is 48.8 Å². The standard InChI is InChI=1S/C16H18N2O2S/c1-20-15-4-2-3-13(9-15)17-5-7-18(8-6-17)14-10-16(11-19)21-12-14/h2-4,9-12H,5-8H2,1H3. The first-order chi connectivity index (χ1) is 10.3. The minimum absolute atomic E-state index is 0.792. The Labute approximate surface area is 128 Å². The third kappa shape index (κ3) is 3.03. The minimum Gasteiger partial charge on any atom is -0.497 e. The number of nitrogens with zero attached hydrogens (tertiary/aromatic N) is 2. The fourth-order valence-corrected chi connectivity index (χ4v) is 3.32. The number of methoxy groups -OCH3 is 1. The van der Waals surface area contributed by atoms with Gasteiger partial charge < -0.3 is 14.5 Å². The molecule has 2 heterocycles. The van der Waals surface area contributed by atoms with E-state index in [9.17, 15) is 4.79 Å². The van der Waals surface area contributed by atoms with E-state index in [1.807, 2.05) is 18.2 Å². The Morgan fingerprint density at radius 1 is 1.10 bits per heavy atom. The molecule has 1 aliphatic heterocycles. The molecule has 1 saturated heterocycles. The van der Waals surface area contributed by atoms with Crippen LogP contribution < -0.4 is 14.5 Å². The molecule has 0 unspecified atom stereocenters. The molecular formula is C16H18N2O2S. The Kier molecular flexibility index (Phi) is 4.10. The highest BCUT2D eigenvalue weighted by atomic mass is 32.1. The molecule has 5 heteroatoms. The fraction of sp³-hybridized carbons (Fsp3) is 0.312. The number of rotatable bonds is 4. The molecule has 0 aliphatic carbocycles. The van der Waals surface area contributed by atoms with Crippen molar-refractivity contribution in [2.75, 3.05) is 43.1 Å². The van der Waals surface area contributed by atoms with Gasteiger partial charge in [-0.1, -0.05) is 6.07 Å². The molecule has 1 aromatic carbocycles. The smallest absolute Gasteiger partial charge is 0.160 e. The number of ether oxygens (including phenoxy) is 1. The molecule has 4 nitrogen and oxygen atoms in total. The maximum atomic E-state index is 10.8. The van der Waals surface area contributed by atoms with Gasteiger partial charge in [-0.3, -0.25) is 4.79 Å². The molecule has 0 bridgehead atoms. The minimum atomic E-state index is 0.792. The number of hydrogen-bond donors (Lipinski definition) is 0. The number of aldehydes is 1. The Hall–Kier alpha value is -2.01. The lowest BCUT2D eigenvalue weighted by Crippen LogP contribution is -2.46. The number of thiophene rings is 1. The van der Waals surface area contributed by atoms with Crippen LogP contribution in [0, 0.1) is 0 Å². The molecule has 0 saturated carbocycles. The molecule has 1 fully saturated rings. The number of benzene rings is 1. The fourth-order valence-electron chi connectivity index (χ4n) is 2.60. The van der Waals surface area contributed by atoms with Gasteiger partial charge in [0.2, 0.25) is 0 Å². The highest BCUT2D eigenvalue weighted by molar-refractivity contribution is 7.12. The second-order valence-electron chi connectivity index (χ2n) is 5.00. The summed E-state index contributed by atoms with van der Waals surface area (Å²) in [6.45, 7) is 3.87. The van der Waals surface area contributed by atoms with Crippen LogP contribution in [0.4, 0.5) is 11.4 Å². The topological polar surface area (TPSA) is 32.8 Å². The van der Waals surface area contributed by atoms with Gasteiger partial charge in [0.1, 0.15) is 5.75 Å². The zero-order chi connectivity index (χ0) is 14.7. The van der Waals surface area contributed by atoms with Crippen molar-refractivity contribution in [3.05, 3.63) is 40.6 Å². The van der Waals surface area contributed by atoms with Crippen LogP contribution >= 0.6 is 11.3 Å². The first-order valence-electron chi connectivity index (χ1n) is 6.98. The molecule has 1 aliphatic rings. The van der Waals surface area contributed by atoms with Crippen molar-refractivity contribution in [1.82, 2.24) is 0 Å². The number of carbonyl (C=O) groups excluding carboxylic acids is 1. The summed E-state index contributed by atoms with van der Waals surface area (Å²) >= 11 is 1.51. The van der Waals surface area contributed by atoms with Crippen LogP contribution in [0.1, 0.15) is 9.67 Å². The summed E-state index contributed by atoms with van der Waals surface area (Å²) < 4.78 is 5.28. The van der Waals surface area contributed by atoms with Crippen LogP contribution in [0.5, 0.6) is 5.75 Å². The monoisotopic (exact) mass is 302 g/mol. The van der Waals surface area contributed by atoms with E-state index < -0.39 is 0 Å². The summed E-state index contributed by atoms with van der Waals surface area (Å²) in [5.41, 5.74) is 2.36. The summed E-state index contributed by atoms with van der Waals surface area (Å²) in [5.74, 6) is 0.892. The zero-order valence-electron chi connectivity index (χ0n) is 12.0. The number of hydrogen-bond acceptors (Lipinski definition) is 5. The van der Waals surface area contributed by atoms with E-state index >= 15 is 0 Å². The quantitative estimate of drug-likeness (QED) is 0.813. The molecule has 0 amide bonds. The second kappa shape index (κ2) is 6.18. The van der Waals surface area contributed by atoms with Gasteiger partial charge in [-0.05, 0) is 18.2 Å². The van der Waals surface area contributed by atoms with E-state index in [4.69, 9.17) is 4.74 Å². The zero-order valence-corrected chi connectivity index (χ0v) is 12.8. The molecule has 0 spiro atoms. The molecule has 2 aromatic rings. The molecule has 110 valence electrons. The maximum Gasteiger partial charge on any atom is 0.160 e. The summed E-state index contributed by atoms with van der Waals surface area (Å²) in [6.07, 6.45) is 0.917. The molecular weight excluding hydrogens is 284 g/mol. The Balaban J connectivity index is 1.65. The van der Waals surface area contributed by atoms with Crippen molar-refractivity contribution in [3.8, 4) is 5.75 Å². The van der Waals surface area contributed by atoms with Gasteiger partial charge >= 0.3 is 0 Å². The average molecular weight is 302 g/mol. The van der Waals surface area contributed by atoms with E-state index in [1.165, 1.54) is 17.0 Å². The average Bonchev–Trinajstić information content (AvgIpc) is 3.04. The first kappa shape index (κ1) is 13.9. The van der Waals surface area contributed by atoms with Crippen LogP contribution in [-0.4, -0.2) is 39.6 Å². The summed E-state index contributed by atoms with van der Waals surface area (Å²) in [4.78, 5) is 16.3. The lowest BCUT2D eigenvalue weighted by molar-refractivity contribution is 0.112. The molecule has 21 heavy (non-hydrogen) atoms. The van der Waals surface area contributed by atoms with E-state index in [1.54, 1.807) is 7.11 Å². The van der Waals surface area contributed by atoms with Crippen LogP contribution in [-0.2, 0) is 0 Å². The second-order valence-corrected chi connectivity index (χ2v) is 5.94. The lowest BCUT2D eigenvalue weighted by Gasteiger charge is -2.37. The highest BCUT2D eigenvalue weighted by Gasteiger charge is 2.18. The highest BCUT2D eigenvalue weighted by Crippen LogP contribution is 2.26. The Morgan fingerprint density at radius 3 is 2.43 bits per heavy atom. The SMILES string of the molecule is COc1cccc(N2CCN(c3csc(C=O)c3)CC2)c1. The van der Waals surface area contributed by atoms with Crippen molar-refractivity contribution in [2.45, 2.75) is 0 Å². The van der Waals surface area contributed by atoms with Crippen LogP contribution in [0.25, 0.3) is 0 Å². The predicted octanol–water partition coefficient (Wildman–Crippen LogP) is 2.90. The van der Waals surface area contributed by atoms with Gasteiger partial charge in [0.05, 0.1) is 12.0 Å². The van der Waals surface area contributed by atoms with Crippen molar-refractivity contribution in [2.24, 2.45) is 0 Å². The van der Waals surface area contributed by atoms with E-state index in [-0.39, 0.29) is 0 Å². The van der Waals surface area contributed by atoms with Crippen LogP contribution in [0.3, 0.4) is 0 Å². The molecule has 0 atom stereocenters. The summed E-state index contributed by atoms with van der Waals surface area (Å²) in [6, 6.07) is 10.2. The lowest BCUT2D eigenvalue weighted by atomic mass is 10.2.